The summed E-state index contributed by atoms with van der Waals surface area (Å²) in [5.74, 6) is 1.30. The molecule has 0 saturated carbocycles. The van der Waals surface area contributed by atoms with Gasteiger partial charge in [-0.25, -0.2) is 4.98 Å². The number of aromatic nitrogens is 1. The van der Waals surface area contributed by atoms with Crippen LogP contribution >= 0.6 is 11.3 Å². The van der Waals surface area contributed by atoms with Crippen LogP contribution in [-0.4, -0.2) is 17.6 Å². The number of hydrogen-bond acceptors (Lipinski definition) is 4. The van der Waals surface area contributed by atoms with Crippen molar-refractivity contribution in [3.05, 3.63) is 35.4 Å². The van der Waals surface area contributed by atoms with Crippen LogP contribution in [0.1, 0.15) is 24.3 Å². The van der Waals surface area contributed by atoms with E-state index >= 15 is 0 Å². The van der Waals surface area contributed by atoms with E-state index in [-0.39, 0.29) is 6.04 Å². The Morgan fingerprint density at radius 2 is 2.33 bits per heavy atom. The molecule has 1 aliphatic rings. The maximum atomic E-state index is 5.89. The largest absolute Gasteiger partial charge is 0.494 e. The molecule has 0 bridgehead atoms. The molecule has 2 aromatic rings. The second kappa shape index (κ2) is 4.71. The fourth-order valence-corrected chi connectivity index (χ4v) is 3.34. The Hall–Kier alpha value is -1.39. The average Bonchev–Trinajstić information content (AvgIpc) is 2.94. The summed E-state index contributed by atoms with van der Waals surface area (Å²) in [6, 6.07) is 6.25. The first-order chi connectivity index (χ1) is 8.76. The van der Waals surface area contributed by atoms with E-state index in [0.29, 0.717) is 12.5 Å². The van der Waals surface area contributed by atoms with Gasteiger partial charge in [0.1, 0.15) is 10.8 Å². The Labute approximate surface area is 110 Å². The third kappa shape index (κ3) is 2.13. The van der Waals surface area contributed by atoms with Gasteiger partial charge in [-0.15, -0.1) is 11.3 Å². The highest BCUT2D eigenvalue weighted by molar-refractivity contribution is 7.18. The number of thiazole rings is 1. The molecule has 3 rings (SSSR count). The Bertz CT molecular complexity index is 590. The van der Waals surface area contributed by atoms with Crippen molar-refractivity contribution in [2.24, 2.45) is 5.73 Å². The number of allylic oxidation sites excluding steroid dienone is 1. The number of nitrogens with two attached hydrogens (primary N) is 1. The van der Waals surface area contributed by atoms with E-state index < -0.39 is 0 Å². The summed E-state index contributed by atoms with van der Waals surface area (Å²) in [5.41, 5.74) is 6.94. The number of ether oxygens (including phenoxy) is 1. The Kier molecular flexibility index (Phi) is 3.06. The van der Waals surface area contributed by atoms with Gasteiger partial charge >= 0.3 is 0 Å². The SMILES string of the molecule is CCOc1ccc2nc(C3C=CC(N)C3)sc2c1. The van der Waals surface area contributed by atoms with Crippen molar-refractivity contribution in [1.82, 2.24) is 4.98 Å². The molecule has 94 valence electrons. The van der Waals surface area contributed by atoms with Crippen molar-refractivity contribution in [3.8, 4) is 5.75 Å². The summed E-state index contributed by atoms with van der Waals surface area (Å²) in [5, 5.41) is 1.16. The number of hydrogen-bond donors (Lipinski definition) is 1. The summed E-state index contributed by atoms with van der Waals surface area (Å²) in [6.07, 6.45) is 5.21. The molecule has 0 radical (unpaired) electrons. The Balaban J connectivity index is 1.93. The lowest BCUT2D eigenvalue weighted by molar-refractivity contribution is 0.341. The van der Waals surface area contributed by atoms with Crippen LogP contribution in [0.4, 0.5) is 0 Å². The van der Waals surface area contributed by atoms with Gasteiger partial charge in [-0.3, -0.25) is 0 Å². The van der Waals surface area contributed by atoms with E-state index in [1.165, 1.54) is 4.70 Å². The molecular formula is C14H16N2OS. The smallest absolute Gasteiger partial charge is 0.120 e. The van der Waals surface area contributed by atoms with E-state index in [1.807, 2.05) is 19.1 Å². The second-order valence-corrected chi connectivity index (χ2v) is 5.57. The summed E-state index contributed by atoms with van der Waals surface area (Å²) < 4.78 is 6.70. The van der Waals surface area contributed by atoms with Gasteiger partial charge < -0.3 is 10.5 Å². The highest BCUT2D eigenvalue weighted by Crippen LogP contribution is 2.35. The van der Waals surface area contributed by atoms with Crippen LogP contribution in [0.2, 0.25) is 0 Å². The first-order valence-electron chi connectivity index (χ1n) is 6.23. The zero-order valence-corrected chi connectivity index (χ0v) is 11.1. The van der Waals surface area contributed by atoms with Gasteiger partial charge in [0.2, 0.25) is 0 Å². The fraction of sp³-hybridized carbons (Fsp3) is 0.357. The van der Waals surface area contributed by atoms with Gasteiger partial charge in [0.05, 0.1) is 16.8 Å². The van der Waals surface area contributed by atoms with Crippen LogP contribution in [0, 0.1) is 0 Å². The fourth-order valence-electron chi connectivity index (χ4n) is 2.25. The minimum Gasteiger partial charge on any atom is -0.494 e. The molecule has 0 aliphatic heterocycles. The summed E-state index contributed by atoms with van der Waals surface area (Å²) >= 11 is 1.74. The highest BCUT2D eigenvalue weighted by atomic mass is 32.1. The number of fused-ring (bicyclic) bond motifs is 1. The lowest BCUT2D eigenvalue weighted by atomic mass is 10.1. The number of nitrogens with zero attached hydrogens (tertiary/aromatic N) is 1. The van der Waals surface area contributed by atoms with Crippen LogP contribution in [0.3, 0.4) is 0 Å². The third-order valence-electron chi connectivity index (χ3n) is 3.12. The first kappa shape index (κ1) is 11.7. The quantitative estimate of drug-likeness (QED) is 0.863. The maximum Gasteiger partial charge on any atom is 0.120 e. The molecule has 1 heterocycles. The van der Waals surface area contributed by atoms with Crippen molar-refractivity contribution in [2.75, 3.05) is 6.61 Å². The molecule has 2 N–H and O–H groups in total. The number of rotatable bonds is 3. The second-order valence-electron chi connectivity index (χ2n) is 4.51. The molecule has 1 aromatic carbocycles. The van der Waals surface area contributed by atoms with E-state index in [4.69, 9.17) is 10.5 Å². The third-order valence-corrected chi connectivity index (χ3v) is 4.27. The van der Waals surface area contributed by atoms with Crippen molar-refractivity contribution < 1.29 is 4.74 Å². The van der Waals surface area contributed by atoms with E-state index in [2.05, 4.69) is 23.2 Å². The zero-order valence-electron chi connectivity index (χ0n) is 10.3. The van der Waals surface area contributed by atoms with Crippen LogP contribution in [0.25, 0.3) is 10.2 Å². The molecule has 0 saturated heterocycles. The van der Waals surface area contributed by atoms with E-state index in [9.17, 15) is 0 Å². The first-order valence-corrected chi connectivity index (χ1v) is 7.05. The molecule has 2 atom stereocenters. The molecule has 0 spiro atoms. The van der Waals surface area contributed by atoms with E-state index in [1.54, 1.807) is 11.3 Å². The zero-order chi connectivity index (χ0) is 12.5. The summed E-state index contributed by atoms with van der Waals surface area (Å²) in [4.78, 5) is 4.69. The standard InChI is InChI=1S/C14H16N2OS/c1-2-17-11-5-6-12-13(8-11)18-14(16-12)9-3-4-10(15)7-9/h3-6,8-10H,2,7,15H2,1H3. The molecule has 1 aromatic heterocycles. The van der Waals surface area contributed by atoms with Crippen molar-refractivity contribution in [3.63, 3.8) is 0 Å². The Morgan fingerprint density at radius 3 is 3.06 bits per heavy atom. The normalized spacial score (nSPS) is 22.8. The van der Waals surface area contributed by atoms with Gasteiger partial charge in [-0.2, -0.15) is 0 Å². The minimum absolute atomic E-state index is 0.181. The molecule has 1 aliphatic carbocycles. The van der Waals surface area contributed by atoms with Gasteiger partial charge in [0.15, 0.2) is 0 Å². The van der Waals surface area contributed by atoms with Gasteiger partial charge in [-0.05, 0) is 31.5 Å². The molecule has 0 fully saturated rings. The maximum absolute atomic E-state index is 5.89. The molecule has 4 heteroatoms. The van der Waals surface area contributed by atoms with Crippen molar-refractivity contribution >= 4 is 21.6 Å². The molecule has 2 unspecified atom stereocenters. The predicted molar refractivity (Wildman–Crippen MR) is 75.3 cm³/mol. The van der Waals surface area contributed by atoms with Crippen molar-refractivity contribution in [2.45, 2.75) is 25.3 Å². The van der Waals surface area contributed by atoms with Gasteiger partial charge in [0.25, 0.3) is 0 Å². The van der Waals surface area contributed by atoms with E-state index in [0.717, 1.165) is 22.7 Å². The van der Waals surface area contributed by atoms with Gasteiger partial charge in [-0.1, -0.05) is 12.2 Å². The van der Waals surface area contributed by atoms with Crippen LogP contribution in [-0.2, 0) is 0 Å². The lowest BCUT2D eigenvalue weighted by Crippen LogP contribution is -2.14. The molecule has 18 heavy (non-hydrogen) atoms. The Morgan fingerprint density at radius 1 is 1.44 bits per heavy atom. The predicted octanol–water partition coefficient (Wildman–Crippen LogP) is 3.07. The average molecular weight is 260 g/mol. The van der Waals surface area contributed by atoms with Crippen LogP contribution in [0.15, 0.2) is 30.4 Å². The molecular weight excluding hydrogens is 244 g/mol. The molecule has 3 nitrogen and oxygen atoms in total. The highest BCUT2D eigenvalue weighted by Gasteiger charge is 2.20. The van der Waals surface area contributed by atoms with Crippen molar-refractivity contribution in [1.29, 1.82) is 0 Å². The summed E-state index contributed by atoms with van der Waals surface area (Å²) in [7, 11) is 0. The monoisotopic (exact) mass is 260 g/mol. The van der Waals surface area contributed by atoms with Crippen LogP contribution < -0.4 is 10.5 Å². The van der Waals surface area contributed by atoms with Gasteiger partial charge in [0, 0.05) is 12.0 Å². The van der Waals surface area contributed by atoms with Crippen LogP contribution in [0.5, 0.6) is 5.75 Å². The molecule has 0 amide bonds. The number of benzene rings is 1. The summed E-state index contributed by atoms with van der Waals surface area (Å²) in [6.45, 7) is 2.68. The lowest BCUT2D eigenvalue weighted by Gasteiger charge is -2.03. The minimum atomic E-state index is 0.181. The topological polar surface area (TPSA) is 48.1 Å².